The fraction of sp³-hybridized carbons (Fsp3) is 0.500. The van der Waals surface area contributed by atoms with Crippen LogP contribution in [0.2, 0.25) is 10.0 Å². The van der Waals surface area contributed by atoms with Gasteiger partial charge in [-0.15, -0.1) is 0 Å². The average Bonchev–Trinajstić information content (AvgIpc) is 2.93. The van der Waals surface area contributed by atoms with E-state index >= 15 is 0 Å². The Morgan fingerprint density at radius 3 is 2.95 bits per heavy atom. The summed E-state index contributed by atoms with van der Waals surface area (Å²) in [5, 5.41) is 7.04. The van der Waals surface area contributed by atoms with Gasteiger partial charge in [-0.05, 0) is 44.0 Å². The SMILES string of the molecule is O=C(COc1ccc(Cl)c(Cl)c1)NCCC1CCNC1. The van der Waals surface area contributed by atoms with Crippen LogP contribution in [0.4, 0.5) is 0 Å². The summed E-state index contributed by atoms with van der Waals surface area (Å²) >= 11 is 11.7. The molecule has 0 radical (unpaired) electrons. The summed E-state index contributed by atoms with van der Waals surface area (Å²) in [6.45, 7) is 2.81. The molecule has 2 N–H and O–H groups in total. The molecule has 1 aromatic rings. The number of nitrogens with one attached hydrogen (secondary N) is 2. The lowest BCUT2D eigenvalue weighted by molar-refractivity contribution is -0.123. The topological polar surface area (TPSA) is 50.4 Å². The zero-order valence-electron chi connectivity index (χ0n) is 11.1. The molecule has 110 valence electrons. The van der Waals surface area contributed by atoms with Gasteiger partial charge in [0.05, 0.1) is 10.0 Å². The van der Waals surface area contributed by atoms with Gasteiger partial charge < -0.3 is 15.4 Å². The minimum atomic E-state index is -0.123. The number of rotatable bonds is 6. The van der Waals surface area contributed by atoms with Crippen molar-refractivity contribution in [3.8, 4) is 5.75 Å². The summed E-state index contributed by atoms with van der Waals surface area (Å²) in [5.74, 6) is 1.09. The normalized spacial score (nSPS) is 18.0. The molecule has 1 heterocycles. The maximum Gasteiger partial charge on any atom is 0.257 e. The van der Waals surface area contributed by atoms with E-state index in [2.05, 4.69) is 10.6 Å². The van der Waals surface area contributed by atoms with Gasteiger partial charge in [-0.2, -0.15) is 0 Å². The van der Waals surface area contributed by atoms with Gasteiger partial charge in [0.25, 0.3) is 5.91 Å². The van der Waals surface area contributed by atoms with E-state index in [1.807, 2.05) is 0 Å². The predicted molar refractivity (Wildman–Crippen MR) is 80.6 cm³/mol. The van der Waals surface area contributed by atoms with Crippen molar-refractivity contribution in [2.45, 2.75) is 12.8 Å². The van der Waals surface area contributed by atoms with Crippen LogP contribution in [-0.2, 0) is 4.79 Å². The van der Waals surface area contributed by atoms with Crippen molar-refractivity contribution in [2.75, 3.05) is 26.2 Å². The maximum atomic E-state index is 11.6. The van der Waals surface area contributed by atoms with E-state index in [0.29, 0.717) is 28.3 Å². The van der Waals surface area contributed by atoms with Crippen LogP contribution in [0.3, 0.4) is 0 Å². The third-order valence-corrected chi connectivity index (χ3v) is 4.04. The third kappa shape index (κ3) is 4.85. The highest BCUT2D eigenvalue weighted by Gasteiger charge is 2.14. The fourth-order valence-electron chi connectivity index (χ4n) is 2.14. The van der Waals surface area contributed by atoms with Crippen LogP contribution >= 0.6 is 23.2 Å². The summed E-state index contributed by atoms with van der Waals surface area (Å²) in [4.78, 5) is 11.6. The van der Waals surface area contributed by atoms with Crippen LogP contribution < -0.4 is 15.4 Å². The van der Waals surface area contributed by atoms with Crippen molar-refractivity contribution in [3.63, 3.8) is 0 Å². The molecule has 1 fully saturated rings. The average molecular weight is 317 g/mol. The molecule has 1 amide bonds. The van der Waals surface area contributed by atoms with E-state index in [1.54, 1.807) is 18.2 Å². The van der Waals surface area contributed by atoms with Crippen LogP contribution in [0.5, 0.6) is 5.75 Å². The first kappa shape index (κ1) is 15.4. The lowest BCUT2D eigenvalue weighted by Gasteiger charge is -2.10. The van der Waals surface area contributed by atoms with Gasteiger partial charge >= 0.3 is 0 Å². The summed E-state index contributed by atoms with van der Waals surface area (Å²) in [6.07, 6.45) is 2.20. The quantitative estimate of drug-likeness (QED) is 0.847. The molecule has 0 bridgehead atoms. The van der Waals surface area contributed by atoms with Crippen LogP contribution in [0.1, 0.15) is 12.8 Å². The number of hydrogen-bond acceptors (Lipinski definition) is 3. The predicted octanol–water partition coefficient (Wildman–Crippen LogP) is 2.49. The first-order valence-corrected chi connectivity index (χ1v) is 7.46. The van der Waals surface area contributed by atoms with E-state index in [-0.39, 0.29) is 12.5 Å². The Balaban J connectivity index is 1.65. The monoisotopic (exact) mass is 316 g/mol. The fourth-order valence-corrected chi connectivity index (χ4v) is 2.43. The molecule has 1 aromatic carbocycles. The first-order chi connectivity index (χ1) is 9.65. The lowest BCUT2D eigenvalue weighted by Crippen LogP contribution is -2.30. The van der Waals surface area contributed by atoms with Crippen molar-refractivity contribution in [1.82, 2.24) is 10.6 Å². The number of benzene rings is 1. The Kier molecular flexibility index (Phi) is 5.95. The number of hydrogen-bond donors (Lipinski definition) is 2. The maximum absolute atomic E-state index is 11.6. The molecule has 0 saturated carbocycles. The molecule has 1 aliphatic rings. The lowest BCUT2D eigenvalue weighted by atomic mass is 10.1. The van der Waals surface area contributed by atoms with Crippen molar-refractivity contribution in [3.05, 3.63) is 28.2 Å². The third-order valence-electron chi connectivity index (χ3n) is 3.30. The standard InChI is InChI=1S/C14H18Cl2N2O2/c15-12-2-1-11(7-13(12)16)20-9-14(19)18-6-4-10-3-5-17-8-10/h1-2,7,10,17H,3-6,8-9H2,(H,18,19). The van der Waals surface area contributed by atoms with Gasteiger partial charge in [-0.3, -0.25) is 4.79 Å². The van der Waals surface area contributed by atoms with Crippen molar-refractivity contribution in [2.24, 2.45) is 5.92 Å². The van der Waals surface area contributed by atoms with E-state index < -0.39 is 0 Å². The van der Waals surface area contributed by atoms with Gasteiger partial charge in [0, 0.05) is 12.6 Å². The molecule has 2 rings (SSSR count). The zero-order chi connectivity index (χ0) is 14.4. The summed E-state index contributed by atoms with van der Waals surface area (Å²) in [5.41, 5.74) is 0. The van der Waals surface area contributed by atoms with E-state index in [9.17, 15) is 4.79 Å². The Labute approximate surface area is 128 Å². The molecule has 20 heavy (non-hydrogen) atoms. The smallest absolute Gasteiger partial charge is 0.257 e. The molecule has 0 spiro atoms. The Hall–Kier alpha value is -0.970. The van der Waals surface area contributed by atoms with Gasteiger partial charge in [-0.25, -0.2) is 0 Å². The van der Waals surface area contributed by atoms with Crippen molar-refractivity contribution < 1.29 is 9.53 Å². The zero-order valence-corrected chi connectivity index (χ0v) is 12.6. The minimum Gasteiger partial charge on any atom is -0.484 e. The Morgan fingerprint density at radius 1 is 1.40 bits per heavy atom. The molecular weight excluding hydrogens is 299 g/mol. The van der Waals surface area contributed by atoms with Crippen molar-refractivity contribution in [1.29, 1.82) is 0 Å². The van der Waals surface area contributed by atoms with Gasteiger partial charge in [0.1, 0.15) is 5.75 Å². The van der Waals surface area contributed by atoms with Crippen LogP contribution in [0.25, 0.3) is 0 Å². The van der Waals surface area contributed by atoms with E-state index in [1.165, 1.54) is 6.42 Å². The van der Waals surface area contributed by atoms with Crippen molar-refractivity contribution >= 4 is 29.1 Å². The molecule has 6 heteroatoms. The molecule has 1 unspecified atom stereocenters. The van der Waals surface area contributed by atoms with E-state index in [0.717, 1.165) is 19.5 Å². The largest absolute Gasteiger partial charge is 0.484 e. The van der Waals surface area contributed by atoms with Gasteiger partial charge in [0.2, 0.25) is 0 Å². The van der Waals surface area contributed by atoms with Crippen LogP contribution in [-0.4, -0.2) is 32.1 Å². The number of ether oxygens (including phenoxy) is 1. The highest BCUT2D eigenvalue weighted by atomic mass is 35.5. The molecule has 0 aromatic heterocycles. The second-order valence-electron chi connectivity index (χ2n) is 4.86. The summed E-state index contributed by atoms with van der Waals surface area (Å²) in [6, 6.07) is 4.93. The van der Waals surface area contributed by atoms with Crippen LogP contribution in [0.15, 0.2) is 18.2 Å². The Morgan fingerprint density at radius 2 is 2.25 bits per heavy atom. The molecule has 1 atom stereocenters. The summed E-state index contributed by atoms with van der Waals surface area (Å²) in [7, 11) is 0. The minimum absolute atomic E-state index is 0.0130. The molecule has 0 aliphatic carbocycles. The summed E-state index contributed by atoms with van der Waals surface area (Å²) < 4.78 is 5.36. The molecular formula is C14H18Cl2N2O2. The molecule has 1 saturated heterocycles. The second-order valence-corrected chi connectivity index (χ2v) is 5.68. The highest BCUT2D eigenvalue weighted by Crippen LogP contribution is 2.26. The van der Waals surface area contributed by atoms with Crippen LogP contribution in [0, 0.1) is 5.92 Å². The second kappa shape index (κ2) is 7.72. The number of carbonyl (C=O) groups is 1. The van der Waals surface area contributed by atoms with E-state index in [4.69, 9.17) is 27.9 Å². The molecule has 4 nitrogen and oxygen atoms in total. The number of amides is 1. The molecule has 1 aliphatic heterocycles. The highest BCUT2D eigenvalue weighted by molar-refractivity contribution is 6.42. The number of carbonyl (C=O) groups excluding carboxylic acids is 1. The van der Waals surface area contributed by atoms with Gasteiger partial charge in [0.15, 0.2) is 6.61 Å². The van der Waals surface area contributed by atoms with Gasteiger partial charge in [-0.1, -0.05) is 23.2 Å². The number of halogens is 2. The Bertz CT molecular complexity index is 462. The first-order valence-electron chi connectivity index (χ1n) is 6.70.